The molecule has 1 unspecified atom stereocenters. The number of methoxy groups -OCH3 is 1. The van der Waals surface area contributed by atoms with Gasteiger partial charge in [-0.2, -0.15) is 5.10 Å². The van der Waals surface area contributed by atoms with E-state index in [2.05, 4.69) is 31.2 Å². The van der Waals surface area contributed by atoms with E-state index in [1.54, 1.807) is 7.11 Å². The molecule has 18 heavy (non-hydrogen) atoms. The summed E-state index contributed by atoms with van der Waals surface area (Å²) in [7, 11) is 1.68. The Balaban J connectivity index is 2.62. The van der Waals surface area contributed by atoms with E-state index in [4.69, 9.17) is 9.47 Å². The summed E-state index contributed by atoms with van der Waals surface area (Å²) in [4.78, 5) is 0. The highest BCUT2D eigenvalue weighted by Gasteiger charge is 2.16. The Bertz CT molecular complexity index is 326. The second kappa shape index (κ2) is 8.24. The zero-order valence-electron chi connectivity index (χ0n) is 11.8. The van der Waals surface area contributed by atoms with E-state index >= 15 is 0 Å². The molecule has 1 rings (SSSR count). The molecular formula is C13H25N3O2. The highest BCUT2D eigenvalue weighted by Crippen LogP contribution is 2.17. The lowest BCUT2D eigenvalue weighted by atomic mass is 10.2. The van der Waals surface area contributed by atoms with Crippen LogP contribution in [0.15, 0.2) is 12.3 Å². The maximum atomic E-state index is 5.62. The van der Waals surface area contributed by atoms with Crippen LogP contribution >= 0.6 is 0 Å². The molecule has 0 saturated heterocycles. The first-order chi connectivity index (χ1) is 8.70. The van der Waals surface area contributed by atoms with Crippen LogP contribution in [0.1, 0.15) is 38.5 Å². The lowest BCUT2D eigenvalue weighted by Gasteiger charge is -2.21. The number of aromatic nitrogens is 2. The van der Waals surface area contributed by atoms with Gasteiger partial charge in [0.25, 0.3) is 0 Å². The van der Waals surface area contributed by atoms with Crippen LogP contribution < -0.4 is 5.32 Å². The van der Waals surface area contributed by atoms with Gasteiger partial charge in [-0.15, -0.1) is 0 Å². The molecule has 1 aromatic heterocycles. The third-order valence-corrected chi connectivity index (χ3v) is 2.71. The molecule has 0 saturated carbocycles. The Hall–Kier alpha value is -0.910. The molecule has 0 aliphatic heterocycles. The largest absolute Gasteiger partial charge is 0.382 e. The molecule has 1 aromatic rings. The van der Waals surface area contributed by atoms with Gasteiger partial charge in [0.05, 0.1) is 31.6 Å². The summed E-state index contributed by atoms with van der Waals surface area (Å²) >= 11 is 0. The Morgan fingerprint density at radius 3 is 2.78 bits per heavy atom. The van der Waals surface area contributed by atoms with Crippen molar-refractivity contribution in [2.24, 2.45) is 0 Å². The summed E-state index contributed by atoms with van der Waals surface area (Å²) in [6.45, 7) is 9.14. The Kier molecular flexibility index (Phi) is 6.93. The van der Waals surface area contributed by atoms with Gasteiger partial charge >= 0.3 is 0 Å². The van der Waals surface area contributed by atoms with Gasteiger partial charge in [0, 0.05) is 19.3 Å². The van der Waals surface area contributed by atoms with Crippen LogP contribution in [-0.2, 0) is 9.47 Å². The van der Waals surface area contributed by atoms with E-state index < -0.39 is 0 Å². The number of hydrogen-bond donors (Lipinski definition) is 1. The molecule has 0 bridgehead atoms. The predicted molar refractivity (Wildman–Crippen MR) is 71.7 cm³/mol. The van der Waals surface area contributed by atoms with Gasteiger partial charge in [0.1, 0.15) is 0 Å². The van der Waals surface area contributed by atoms with Crippen molar-refractivity contribution in [3.63, 3.8) is 0 Å². The van der Waals surface area contributed by atoms with Gasteiger partial charge in [-0.05, 0) is 26.5 Å². The van der Waals surface area contributed by atoms with E-state index in [1.165, 1.54) is 5.69 Å². The smallest absolute Gasteiger partial charge is 0.0729 e. The molecule has 5 nitrogen and oxygen atoms in total. The fourth-order valence-corrected chi connectivity index (χ4v) is 1.87. The third kappa shape index (κ3) is 4.40. The second-order valence-electron chi connectivity index (χ2n) is 4.47. The molecule has 0 aliphatic carbocycles. The molecule has 5 heteroatoms. The van der Waals surface area contributed by atoms with Crippen molar-refractivity contribution in [2.45, 2.75) is 32.9 Å². The van der Waals surface area contributed by atoms with Crippen molar-refractivity contribution in [1.82, 2.24) is 15.1 Å². The fourth-order valence-electron chi connectivity index (χ4n) is 1.87. The van der Waals surface area contributed by atoms with Crippen LogP contribution in [-0.4, -0.2) is 43.3 Å². The first kappa shape index (κ1) is 15.1. The average molecular weight is 255 g/mol. The standard InChI is InChI=1S/C13H25N3O2/c1-5-14-12(10-18-9-8-17-4)13-6-7-15-16(13)11(2)3/h6-7,11-12,14H,5,8-10H2,1-4H3. The number of hydrogen-bond acceptors (Lipinski definition) is 4. The van der Waals surface area contributed by atoms with Gasteiger partial charge in [0.15, 0.2) is 0 Å². The number of ether oxygens (including phenoxy) is 2. The van der Waals surface area contributed by atoms with Crippen molar-refractivity contribution in [1.29, 1.82) is 0 Å². The van der Waals surface area contributed by atoms with Crippen molar-refractivity contribution in [3.8, 4) is 0 Å². The molecule has 0 spiro atoms. The van der Waals surface area contributed by atoms with Crippen molar-refractivity contribution >= 4 is 0 Å². The number of likely N-dealkylation sites (N-methyl/N-ethyl adjacent to an activating group) is 1. The quantitative estimate of drug-likeness (QED) is 0.683. The van der Waals surface area contributed by atoms with Crippen LogP contribution in [0.5, 0.6) is 0 Å². The van der Waals surface area contributed by atoms with Crippen LogP contribution in [0.25, 0.3) is 0 Å². The number of rotatable bonds is 9. The lowest BCUT2D eigenvalue weighted by Crippen LogP contribution is -2.28. The van der Waals surface area contributed by atoms with Gasteiger partial charge in [-0.3, -0.25) is 4.68 Å². The molecular weight excluding hydrogens is 230 g/mol. The topological polar surface area (TPSA) is 48.3 Å². The molecule has 0 aliphatic rings. The van der Waals surface area contributed by atoms with E-state index in [0.29, 0.717) is 25.9 Å². The second-order valence-corrected chi connectivity index (χ2v) is 4.47. The minimum absolute atomic E-state index is 0.178. The summed E-state index contributed by atoms with van der Waals surface area (Å²) in [6, 6.07) is 2.58. The monoisotopic (exact) mass is 255 g/mol. The molecule has 1 heterocycles. The maximum absolute atomic E-state index is 5.62. The highest BCUT2D eigenvalue weighted by molar-refractivity contribution is 5.08. The Labute approximate surface area is 109 Å². The first-order valence-electron chi connectivity index (χ1n) is 6.54. The summed E-state index contributed by atoms with van der Waals surface area (Å²) in [5.41, 5.74) is 1.17. The third-order valence-electron chi connectivity index (χ3n) is 2.71. The van der Waals surface area contributed by atoms with Crippen LogP contribution in [0.4, 0.5) is 0 Å². The normalized spacial score (nSPS) is 13.2. The average Bonchev–Trinajstić information content (AvgIpc) is 2.82. The van der Waals surface area contributed by atoms with E-state index in [1.807, 2.05) is 16.9 Å². The van der Waals surface area contributed by atoms with Gasteiger partial charge in [-0.25, -0.2) is 0 Å². The van der Waals surface area contributed by atoms with Gasteiger partial charge in [0.2, 0.25) is 0 Å². The lowest BCUT2D eigenvalue weighted by molar-refractivity contribution is 0.0574. The van der Waals surface area contributed by atoms with Gasteiger partial charge < -0.3 is 14.8 Å². The molecule has 0 aromatic carbocycles. The first-order valence-corrected chi connectivity index (χ1v) is 6.54. The Morgan fingerprint density at radius 2 is 2.17 bits per heavy atom. The molecule has 1 atom stereocenters. The molecule has 0 radical (unpaired) electrons. The fraction of sp³-hybridized carbons (Fsp3) is 0.769. The predicted octanol–water partition coefficient (Wildman–Crippen LogP) is 1.78. The van der Waals surface area contributed by atoms with Crippen LogP contribution in [0.3, 0.4) is 0 Å². The van der Waals surface area contributed by atoms with Gasteiger partial charge in [-0.1, -0.05) is 6.92 Å². The van der Waals surface area contributed by atoms with E-state index in [-0.39, 0.29) is 6.04 Å². The molecule has 0 fully saturated rings. The SMILES string of the molecule is CCNC(COCCOC)c1ccnn1C(C)C. The minimum atomic E-state index is 0.178. The summed E-state index contributed by atoms with van der Waals surface area (Å²) in [6.07, 6.45) is 1.84. The number of nitrogens with one attached hydrogen (secondary N) is 1. The number of nitrogens with zero attached hydrogens (tertiary/aromatic N) is 2. The van der Waals surface area contributed by atoms with E-state index in [9.17, 15) is 0 Å². The van der Waals surface area contributed by atoms with Crippen LogP contribution in [0, 0.1) is 0 Å². The highest BCUT2D eigenvalue weighted by atomic mass is 16.5. The molecule has 1 N–H and O–H groups in total. The Morgan fingerprint density at radius 1 is 1.39 bits per heavy atom. The minimum Gasteiger partial charge on any atom is -0.382 e. The summed E-state index contributed by atoms with van der Waals surface area (Å²) in [5.74, 6) is 0. The zero-order chi connectivity index (χ0) is 13.4. The molecule has 0 amide bonds. The summed E-state index contributed by atoms with van der Waals surface area (Å²) < 4.78 is 12.6. The molecule has 104 valence electrons. The van der Waals surface area contributed by atoms with E-state index in [0.717, 1.165) is 6.54 Å². The van der Waals surface area contributed by atoms with Crippen molar-refractivity contribution < 1.29 is 9.47 Å². The zero-order valence-corrected chi connectivity index (χ0v) is 11.8. The van der Waals surface area contributed by atoms with Crippen molar-refractivity contribution in [2.75, 3.05) is 33.5 Å². The van der Waals surface area contributed by atoms with Crippen LogP contribution in [0.2, 0.25) is 0 Å². The summed E-state index contributed by atoms with van der Waals surface area (Å²) in [5, 5.41) is 7.79. The maximum Gasteiger partial charge on any atom is 0.0729 e. The van der Waals surface area contributed by atoms with Crippen molar-refractivity contribution in [3.05, 3.63) is 18.0 Å².